The molecule has 1 saturated carbocycles. The van der Waals surface area contributed by atoms with Crippen molar-refractivity contribution in [3.63, 3.8) is 0 Å². The van der Waals surface area contributed by atoms with E-state index in [1.165, 1.54) is 0 Å². The number of carbonyl (C=O) groups is 3. The summed E-state index contributed by atoms with van der Waals surface area (Å²) in [6.07, 6.45) is 3.82. The number of esters is 3. The second kappa shape index (κ2) is 12.6. The largest absolute Gasteiger partial charge is 0.465 e. The first-order chi connectivity index (χ1) is 20.9. The van der Waals surface area contributed by atoms with E-state index in [2.05, 4.69) is 106 Å². The standard InChI is InChI=1S/C37H65N3O6/c1-32(2)17-24(35(7,8)38-32)20-44-29(41)23-14-15-27(30(42)45-21-25-18-33(3,4)39-36(25,9)10)28(16-23)31(43)46-22-26-19-34(5,6)40(13)37(26,11)12/h23-28,38-39H,14-22H2,1-13H3. The lowest BCUT2D eigenvalue weighted by Crippen LogP contribution is -2.47. The van der Waals surface area contributed by atoms with Crippen LogP contribution in [-0.4, -0.2) is 82.9 Å². The predicted octanol–water partition coefficient (Wildman–Crippen LogP) is 5.49. The molecule has 6 atom stereocenters. The molecule has 4 fully saturated rings. The highest BCUT2D eigenvalue weighted by molar-refractivity contribution is 5.84. The molecule has 4 rings (SSSR count). The number of hydrogen-bond donors (Lipinski definition) is 2. The number of nitrogens with zero attached hydrogens (tertiary/aromatic N) is 1. The molecule has 0 spiro atoms. The van der Waals surface area contributed by atoms with Gasteiger partial charge in [0.15, 0.2) is 0 Å². The summed E-state index contributed by atoms with van der Waals surface area (Å²) >= 11 is 0. The van der Waals surface area contributed by atoms with Gasteiger partial charge >= 0.3 is 17.9 Å². The highest BCUT2D eigenvalue weighted by Gasteiger charge is 2.51. The maximum absolute atomic E-state index is 13.9. The van der Waals surface area contributed by atoms with E-state index in [0.717, 1.165) is 19.3 Å². The van der Waals surface area contributed by atoms with Crippen LogP contribution in [0.5, 0.6) is 0 Å². The Kier molecular flexibility index (Phi) is 10.2. The predicted molar refractivity (Wildman–Crippen MR) is 180 cm³/mol. The smallest absolute Gasteiger partial charge is 0.309 e. The monoisotopic (exact) mass is 647 g/mol. The molecule has 3 saturated heterocycles. The summed E-state index contributed by atoms with van der Waals surface area (Å²) in [5.74, 6) is -2.40. The molecule has 0 amide bonds. The topological polar surface area (TPSA) is 106 Å². The van der Waals surface area contributed by atoms with Gasteiger partial charge in [-0.3, -0.25) is 19.3 Å². The SMILES string of the molecule is CN1C(C)(C)CC(COC(=O)C2CC(C(=O)OCC3CC(C)(C)NC3(C)C)CCC2C(=O)OCC2CC(C)(C)NC2(C)C)C1(C)C. The van der Waals surface area contributed by atoms with Crippen molar-refractivity contribution in [2.45, 2.75) is 155 Å². The number of likely N-dealkylation sites (tertiary alicyclic amines) is 1. The van der Waals surface area contributed by atoms with Crippen LogP contribution in [0, 0.1) is 35.5 Å². The number of ether oxygens (including phenoxy) is 3. The molecule has 9 nitrogen and oxygen atoms in total. The second-order valence-electron chi connectivity index (χ2n) is 18.8. The van der Waals surface area contributed by atoms with Crippen molar-refractivity contribution in [2.24, 2.45) is 35.5 Å². The van der Waals surface area contributed by atoms with E-state index in [4.69, 9.17) is 14.2 Å². The highest BCUT2D eigenvalue weighted by Crippen LogP contribution is 2.45. The van der Waals surface area contributed by atoms with Crippen LogP contribution in [0.3, 0.4) is 0 Å². The van der Waals surface area contributed by atoms with E-state index in [1.807, 2.05) is 0 Å². The van der Waals surface area contributed by atoms with Crippen molar-refractivity contribution < 1.29 is 28.6 Å². The fourth-order valence-electron chi connectivity index (χ4n) is 9.44. The lowest BCUT2D eigenvalue weighted by molar-refractivity contribution is -0.169. The van der Waals surface area contributed by atoms with Crippen molar-refractivity contribution in [2.75, 3.05) is 26.9 Å². The van der Waals surface area contributed by atoms with E-state index in [1.54, 1.807) is 0 Å². The van der Waals surface area contributed by atoms with Gasteiger partial charge in [-0.05, 0) is 129 Å². The molecule has 46 heavy (non-hydrogen) atoms. The molecule has 2 N–H and O–H groups in total. The summed E-state index contributed by atoms with van der Waals surface area (Å²) in [4.78, 5) is 43.3. The quantitative estimate of drug-likeness (QED) is 0.248. The van der Waals surface area contributed by atoms with Crippen LogP contribution in [0.15, 0.2) is 0 Å². The molecule has 3 aliphatic heterocycles. The third-order valence-electron chi connectivity index (χ3n) is 12.5. The fourth-order valence-corrected chi connectivity index (χ4v) is 9.44. The molecular formula is C37H65N3O6. The molecule has 1 aliphatic carbocycles. The first-order valence-electron chi connectivity index (χ1n) is 17.7. The van der Waals surface area contributed by atoms with Crippen LogP contribution in [0.2, 0.25) is 0 Å². The minimum atomic E-state index is -0.747. The number of rotatable bonds is 9. The Morgan fingerprint density at radius 2 is 1.04 bits per heavy atom. The molecule has 0 aromatic carbocycles. The first-order valence-corrected chi connectivity index (χ1v) is 17.7. The van der Waals surface area contributed by atoms with Gasteiger partial charge in [0.05, 0.1) is 37.6 Å². The van der Waals surface area contributed by atoms with Gasteiger partial charge in [0, 0.05) is 51.0 Å². The minimum absolute atomic E-state index is 0.0112. The minimum Gasteiger partial charge on any atom is -0.465 e. The maximum Gasteiger partial charge on any atom is 0.309 e. The third-order valence-corrected chi connectivity index (χ3v) is 12.5. The van der Waals surface area contributed by atoms with Crippen LogP contribution >= 0.6 is 0 Å². The molecule has 3 heterocycles. The summed E-state index contributed by atoms with van der Waals surface area (Å²) in [6.45, 7) is 27.0. The van der Waals surface area contributed by atoms with Gasteiger partial charge in [-0.15, -0.1) is 0 Å². The van der Waals surface area contributed by atoms with Crippen LogP contribution < -0.4 is 10.6 Å². The van der Waals surface area contributed by atoms with E-state index < -0.39 is 23.7 Å². The molecule has 0 aromatic heterocycles. The van der Waals surface area contributed by atoms with Gasteiger partial charge < -0.3 is 24.8 Å². The van der Waals surface area contributed by atoms with Crippen LogP contribution in [-0.2, 0) is 28.6 Å². The van der Waals surface area contributed by atoms with Gasteiger partial charge in [-0.25, -0.2) is 0 Å². The average Bonchev–Trinajstić information content (AvgIpc) is 3.35. The molecule has 0 bridgehead atoms. The third kappa shape index (κ3) is 7.94. The van der Waals surface area contributed by atoms with Crippen LogP contribution in [0.4, 0.5) is 0 Å². The zero-order valence-corrected chi connectivity index (χ0v) is 31.2. The van der Waals surface area contributed by atoms with E-state index in [-0.39, 0.29) is 76.0 Å². The summed E-state index contributed by atoms with van der Waals surface area (Å²) in [6, 6.07) is 0. The molecule has 4 aliphatic rings. The Morgan fingerprint density at radius 1 is 0.609 bits per heavy atom. The van der Waals surface area contributed by atoms with Crippen molar-refractivity contribution in [1.29, 1.82) is 0 Å². The first kappa shape index (κ1) is 37.1. The van der Waals surface area contributed by atoms with Gasteiger partial charge in [0.1, 0.15) is 0 Å². The molecule has 0 radical (unpaired) electrons. The average molecular weight is 648 g/mol. The second-order valence-corrected chi connectivity index (χ2v) is 18.8. The highest BCUT2D eigenvalue weighted by atomic mass is 16.5. The molecule has 6 unspecified atom stereocenters. The van der Waals surface area contributed by atoms with Gasteiger partial charge in [-0.1, -0.05) is 0 Å². The summed E-state index contributed by atoms with van der Waals surface area (Å²) in [5.41, 5.74) is -0.534. The maximum atomic E-state index is 13.9. The Labute approximate surface area is 279 Å². The lowest BCUT2D eigenvalue weighted by atomic mass is 9.74. The Bertz CT molecular complexity index is 1160. The Morgan fingerprint density at radius 3 is 1.46 bits per heavy atom. The number of nitrogens with one attached hydrogen (secondary N) is 2. The molecule has 0 aromatic rings. The van der Waals surface area contributed by atoms with E-state index >= 15 is 0 Å². The van der Waals surface area contributed by atoms with Gasteiger partial charge in [0.2, 0.25) is 0 Å². The van der Waals surface area contributed by atoms with Crippen molar-refractivity contribution in [3.05, 3.63) is 0 Å². The van der Waals surface area contributed by atoms with Crippen LogP contribution in [0.1, 0.15) is 122 Å². The summed E-state index contributed by atoms with van der Waals surface area (Å²) in [5, 5.41) is 7.29. The van der Waals surface area contributed by atoms with E-state index in [9.17, 15) is 14.4 Å². The molecule has 9 heteroatoms. The number of carbonyl (C=O) groups excluding carboxylic acids is 3. The van der Waals surface area contributed by atoms with Gasteiger partial charge in [-0.2, -0.15) is 0 Å². The normalized spacial score (nSPS) is 35.4. The molecular weight excluding hydrogens is 582 g/mol. The van der Waals surface area contributed by atoms with Crippen LogP contribution in [0.25, 0.3) is 0 Å². The molecule has 264 valence electrons. The Balaban J connectivity index is 1.44. The number of hydrogen-bond acceptors (Lipinski definition) is 9. The lowest BCUT2D eigenvalue weighted by Gasteiger charge is -2.38. The zero-order valence-electron chi connectivity index (χ0n) is 31.2. The van der Waals surface area contributed by atoms with Crippen molar-refractivity contribution in [3.8, 4) is 0 Å². The van der Waals surface area contributed by atoms with Crippen molar-refractivity contribution >= 4 is 17.9 Å². The summed E-state index contributed by atoms with van der Waals surface area (Å²) in [7, 11) is 2.12. The van der Waals surface area contributed by atoms with Crippen molar-refractivity contribution in [1.82, 2.24) is 15.5 Å². The zero-order chi connectivity index (χ0) is 34.7. The van der Waals surface area contributed by atoms with E-state index in [0.29, 0.717) is 26.1 Å². The summed E-state index contributed by atoms with van der Waals surface area (Å²) < 4.78 is 17.9. The van der Waals surface area contributed by atoms with Gasteiger partial charge in [0.25, 0.3) is 0 Å². The fraction of sp³-hybridized carbons (Fsp3) is 0.919. The Hall–Kier alpha value is -1.71.